The molecule has 4 aromatic rings. The molecule has 2 aliphatic heterocycles. The molecule has 1 aliphatic carbocycles. The molecule has 1 saturated heterocycles. The Morgan fingerprint density at radius 1 is 0.825 bits per heavy atom. The maximum absolute atomic E-state index is 15.7. The molecule has 0 bridgehead atoms. The molecule has 3 aliphatic rings. The van der Waals surface area contributed by atoms with Crippen LogP contribution in [0.3, 0.4) is 0 Å². The highest BCUT2D eigenvalue weighted by atomic mass is 35.5. The van der Waals surface area contributed by atoms with Crippen molar-refractivity contribution in [1.29, 1.82) is 0 Å². The minimum Gasteiger partial charge on any atom is -0.352 e. The molecule has 1 fully saturated rings. The molecule has 7 rings (SSSR count). The van der Waals surface area contributed by atoms with Gasteiger partial charge in [-0.1, -0.05) is 66.2 Å². The van der Waals surface area contributed by atoms with Crippen molar-refractivity contribution >= 4 is 40.7 Å². The van der Waals surface area contributed by atoms with Gasteiger partial charge in [0.1, 0.15) is 23.1 Å². The van der Waals surface area contributed by atoms with Crippen molar-refractivity contribution in [1.82, 2.24) is 0 Å². The van der Waals surface area contributed by atoms with Gasteiger partial charge in [0.15, 0.2) is 17.3 Å². The molecule has 1 spiro atoms. The first-order valence-electron chi connectivity index (χ1n) is 12.8. The van der Waals surface area contributed by atoms with Gasteiger partial charge in [-0.2, -0.15) is 0 Å². The van der Waals surface area contributed by atoms with Gasteiger partial charge in [-0.05, 0) is 59.7 Å². The fourth-order valence-corrected chi connectivity index (χ4v) is 6.98. The number of fused-ring (bicyclic) bond motifs is 5. The highest BCUT2D eigenvalue weighted by Gasteiger charge is 2.71. The third-order valence-corrected chi connectivity index (χ3v) is 8.64. The number of ketones is 3. The fraction of sp³-hybridized carbons (Fsp3) is 0.121. The molecule has 3 atom stereocenters. The van der Waals surface area contributed by atoms with Crippen molar-refractivity contribution in [3.8, 4) is 0 Å². The standard InChI is InChI=1S/C33H20ClF2NO3/c34-20-12-15-26-19(17-20)11-16-27-33(31(39)22-5-1-2-6-23(22)32(33)40)28(24-7-3-4-8-25(24)36)29(37(26)27)30(38)18-9-13-21(35)14-10-18/h1-17,27-29H/t27-,28+,29-/m1/s1. The number of Topliss-reactive ketones (excluding diaryl/α,β-unsaturated/α-hetero) is 3. The van der Waals surface area contributed by atoms with Gasteiger partial charge < -0.3 is 4.90 Å². The molecule has 7 heteroatoms. The zero-order chi connectivity index (χ0) is 27.8. The Labute approximate surface area is 233 Å². The second kappa shape index (κ2) is 8.80. The SMILES string of the molecule is O=C(c1ccc(F)cc1)[C@H]1[C@H](c2ccccc2F)C2(C(=O)c3ccccc3C2=O)[C@H]2C=Cc3cc(Cl)ccc3N12. The average molecular weight is 552 g/mol. The summed E-state index contributed by atoms with van der Waals surface area (Å²) in [6.07, 6.45) is 3.53. The van der Waals surface area contributed by atoms with E-state index in [-0.39, 0.29) is 22.3 Å². The van der Waals surface area contributed by atoms with E-state index in [0.717, 1.165) is 0 Å². The summed E-state index contributed by atoms with van der Waals surface area (Å²) in [5, 5.41) is 0.475. The molecule has 0 saturated carbocycles. The zero-order valence-corrected chi connectivity index (χ0v) is 21.6. The van der Waals surface area contributed by atoms with Gasteiger partial charge in [-0.15, -0.1) is 0 Å². The quantitative estimate of drug-likeness (QED) is 0.204. The Balaban J connectivity index is 1.56. The van der Waals surface area contributed by atoms with E-state index in [9.17, 15) is 18.8 Å². The lowest BCUT2D eigenvalue weighted by atomic mass is 9.64. The summed E-state index contributed by atoms with van der Waals surface area (Å²) in [6, 6.07) is 20.7. The summed E-state index contributed by atoms with van der Waals surface area (Å²) in [7, 11) is 0. The molecule has 196 valence electrons. The van der Waals surface area contributed by atoms with Crippen LogP contribution in [0.1, 0.15) is 48.1 Å². The monoisotopic (exact) mass is 551 g/mol. The third-order valence-electron chi connectivity index (χ3n) is 8.40. The lowest BCUT2D eigenvalue weighted by Crippen LogP contribution is -2.48. The van der Waals surface area contributed by atoms with Crippen LogP contribution in [0.15, 0.2) is 97.1 Å². The largest absolute Gasteiger partial charge is 0.352 e. The zero-order valence-electron chi connectivity index (χ0n) is 20.9. The Kier molecular flexibility index (Phi) is 5.41. The van der Waals surface area contributed by atoms with Gasteiger partial charge in [0.05, 0.1) is 6.04 Å². The van der Waals surface area contributed by atoms with Crippen molar-refractivity contribution < 1.29 is 23.2 Å². The van der Waals surface area contributed by atoms with Gasteiger partial charge in [0.25, 0.3) is 0 Å². The normalized spacial score (nSPS) is 21.9. The van der Waals surface area contributed by atoms with Crippen molar-refractivity contribution in [3.05, 3.63) is 142 Å². The molecule has 0 unspecified atom stereocenters. The number of nitrogens with zero attached hydrogens (tertiary/aromatic N) is 1. The summed E-state index contributed by atoms with van der Waals surface area (Å²) in [5.74, 6) is -3.68. The van der Waals surface area contributed by atoms with Crippen LogP contribution in [0.2, 0.25) is 5.02 Å². The molecular weight excluding hydrogens is 532 g/mol. The number of carbonyl (C=O) groups is 3. The second-order valence-corrected chi connectivity index (χ2v) is 10.7. The molecule has 0 radical (unpaired) electrons. The minimum absolute atomic E-state index is 0.0933. The molecule has 40 heavy (non-hydrogen) atoms. The maximum Gasteiger partial charge on any atom is 0.185 e. The van der Waals surface area contributed by atoms with E-state index in [1.807, 2.05) is 0 Å². The highest BCUT2D eigenvalue weighted by molar-refractivity contribution is 6.32. The first-order chi connectivity index (χ1) is 19.3. The second-order valence-electron chi connectivity index (χ2n) is 10.3. The number of halogens is 3. The fourth-order valence-electron chi connectivity index (χ4n) is 6.80. The van der Waals surface area contributed by atoms with Gasteiger partial charge in [0.2, 0.25) is 0 Å². The number of anilines is 1. The van der Waals surface area contributed by atoms with Crippen LogP contribution in [0.5, 0.6) is 0 Å². The summed E-state index contributed by atoms with van der Waals surface area (Å²) in [6.45, 7) is 0. The Bertz CT molecular complexity index is 1750. The van der Waals surface area contributed by atoms with Crippen molar-refractivity contribution in [2.75, 3.05) is 4.90 Å². The molecule has 0 amide bonds. The van der Waals surface area contributed by atoms with Crippen LogP contribution in [0.4, 0.5) is 14.5 Å². The summed E-state index contributed by atoms with van der Waals surface area (Å²) in [5.41, 5.74) is 0.241. The molecule has 4 aromatic carbocycles. The molecule has 4 nitrogen and oxygen atoms in total. The van der Waals surface area contributed by atoms with Crippen LogP contribution in [0.25, 0.3) is 6.08 Å². The van der Waals surface area contributed by atoms with E-state index in [4.69, 9.17) is 11.6 Å². The molecule has 0 aromatic heterocycles. The predicted octanol–water partition coefficient (Wildman–Crippen LogP) is 6.93. The Morgan fingerprint density at radius 2 is 1.48 bits per heavy atom. The topological polar surface area (TPSA) is 54.5 Å². The van der Waals surface area contributed by atoms with Crippen LogP contribution >= 0.6 is 11.6 Å². The van der Waals surface area contributed by atoms with E-state index in [1.54, 1.807) is 65.6 Å². The van der Waals surface area contributed by atoms with Crippen LogP contribution < -0.4 is 4.90 Å². The van der Waals surface area contributed by atoms with E-state index in [2.05, 4.69) is 0 Å². The van der Waals surface area contributed by atoms with Gasteiger partial charge in [0, 0.05) is 33.3 Å². The molecule has 2 heterocycles. The van der Waals surface area contributed by atoms with Crippen LogP contribution in [-0.2, 0) is 0 Å². The van der Waals surface area contributed by atoms with E-state index >= 15 is 4.39 Å². The van der Waals surface area contributed by atoms with Crippen molar-refractivity contribution in [2.45, 2.75) is 18.0 Å². The summed E-state index contributed by atoms with van der Waals surface area (Å²) in [4.78, 5) is 45.2. The van der Waals surface area contributed by atoms with Crippen molar-refractivity contribution in [3.63, 3.8) is 0 Å². The van der Waals surface area contributed by atoms with E-state index in [0.29, 0.717) is 16.3 Å². The highest BCUT2D eigenvalue weighted by Crippen LogP contribution is 2.61. The lowest BCUT2D eigenvalue weighted by molar-refractivity contribution is 0.0664. The third kappa shape index (κ3) is 3.20. The van der Waals surface area contributed by atoms with Crippen LogP contribution in [0, 0.1) is 17.0 Å². The number of rotatable bonds is 3. The van der Waals surface area contributed by atoms with Gasteiger partial charge in [-0.25, -0.2) is 8.78 Å². The summed E-state index contributed by atoms with van der Waals surface area (Å²) < 4.78 is 29.6. The number of hydrogen-bond acceptors (Lipinski definition) is 4. The van der Waals surface area contributed by atoms with E-state index < -0.39 is 52.4 Å². The van der Waals surface area contributed by atoms with E-state index in [1.165, 1.54) is 42.5 Å². The predicted molar refractivity (Wildman–Crippen MR) is 148 cm³/mol. The first kappa shape index (κ1) is 24.6. The Hall–Kier alpha value is -4.42. The van der Waals surface area contributed by atoms with Crippen LogP contribution in [-0.4, -0.2) is 29.4 Å². The number of hydrogen-bond donors (Lipinski definition) is 0. The minimum atomic E-state index is -1.82. The molecule has 0 N–H and O–H groups in total. The number of carbonyl (C=O) groups excluding carboxylic acids is 3. The number of benzene rings is 4. The maximum atomic E-state index is 15.7. The Morgan fingerprint density at radius 3 is 2.15 bits per heavy atom. The molecular formula is C33H20ClF2NO3. The first-order valence-corrected chi connectivity index (χ1v) is 13.2. The lowest BCUT2D eigenvalue weighted by Gasteiger charge is -2.37. The van der Waals surface area contributed by atoms with Gasteiger partial charge in [-0.3, -0.25) is 14.4 Å². The summed E-state index contributed by atoms with van der Waals surface area (Å²) >= 11 is 6.29. The van der Waals surface area contributed by atoms with Crippen molar-refractivity contribution in [2.24, 2.45) is 5.41 Å². The van der Waals surface area contributed by atoms with Gasteiger partial charge >= 0.3 is 0 Å². The smallest absolute Gasteiger partial charge is 0.185 e. The average Bonchev–Trinajstić information content (AvgIpc) is 3.39.